The molecule has 0 aliphatic carbocycles. The lowest BCUT2D eigenvalue weighted by Crippen LogP contribution is -1.91. The average Bonchev–Trinajstić information content (AvgIpc) is 2.32. The zero-order valence-corrected chi connectivity index (χ0v) is 13.3. The highest BCUT2D eigenvalue weighted by atomic mass is 127. The largest absolute Gasteiger partial charge is 0.456 e. The molecule has 2 aromatic rings. The van der Waals surface area contributed by atoms with Gasteiger partial charge in [-0.25, -0.2) is 0 Å². The third-order valence-corrected chi connectivity index (χ3v) is 3.96. The van der Waals surface area contributed by atoms with E-state index in [1.807, 2.05) is 42.5 Å². The van der Waals surface area contributed by atoms with Crippen molar-refractivity contribution in [3.05, 3.63) is 56.6 Å². The first-order valence-corrected chi connectivity index (χ1v) is 7.55. The average molecular weight is 423 g/mol. The predicted octanol–water partition coefficient (Wildman–Crippen LogP) is 5.63. The van der Waals surface area contributed by atoms with Crippen molar-refractivity contribution in [2.45, 2.75) is 5.33 Å². The number of halogens is 3. The number of ether oxygens (including phenoxy) is 1. The number of benzene rings is 2. The standard InChI is InChI=1S/C13H9BrClIO/c14-8-9-5-6-10(15)7-13(9)17-12-4-2-1-3-11(12)16/h1-7H,8H2. The van der Waals surface area contributed by atoms with E-state index < -0.39 is 0 Å². The first kappa shape index (κ1) is 13.2. The molecule has 0 heterocycles. The van der Waals surface area contributed by atoms with Gasteiger partial charge in [0.25, 0.3) is 0 Å². The Morgan fingerprint density at radius 3 is 2.59 bits per heavy atom. The molecule has 0 aromatic heterocycles. The van der Waals surface area contributed by atoms with Gasteiger partial charge in [-0.1, -0.05) is 45.7 Å². The maximum Gasteiger partial charge on any atom is 0.140 e. The summed E-state index contributed by atoms with van der Waals surface area (Å²) in [6.45, 7) is 0. The number of hydrogen-bond acceptors (Lipinski definition) is 1. The van der Waals surface area contributed by atoms with E-state index in [1.165, 1.54) is 0 Å². The van der Waals surface area contributed by atoms with Gasteiger partial charge in [0.1, 0.15) is 11.5 Å². The summed E-state index contributed by atoms with van der Waals surface area (Å²) in [5.74, 6) is 1.64. The van der Waals surface area contributed by atoms with Crippen molar-refractivity contribution in [2.75, 3.05) is 0 Å². The Morgan fingerprint density at radius 2 is 1.88 bits per heavy atom. The lowest BCUT2D eigenvalue weighted by molar-refractivity contribution is 0.475. The highest BCUT2D eigenvalue weighted by Crippen LogP contribution is 2.32. The fourth-order valence-corrected chi connectivity index (χ4v) is 2.50. The predicted molar refractivity (Wildman–Crippen MR) is 83.3 cm³/mol. The molecule has 1 nitrogen and oxygen atoms in total. The van der Waals surface area contributed by atoms with E-state index in [0.717, 1.165) is 26.0 Å². The molecule has 0 radical (unpaired) electrons. The number of para-hydroxylation sites is 1. The molecule has 0 aliphatic rings. The van der Waals surface area contributed by atoms with Crippen LogP contribution < -0.4 is 4.74 Å². The quantitative estimate of drug-likeness (QED) is 0.459. The number of alkyl halides is 1. The van der Waals surface area contributed by atoms with Crippen molar-refractivity contribution in [1.29, 1.82) is 0 Å². The summed E-state index contributed by atoms with van der Waals surface area (Å²) in [7, 11) is 0. The summed E-state index contributed by atoms with van der Waals surface area (Å²) < 4.78 is 6.96. The van der Waals surface area contributed by atoms with E-state index in [1.54, 1.807) is 0 Å². The van der Waals surface area contributed by atoms with Gasteiger partial charge in [0, 0.05) is 15.9 Å². The molecular weight excluding hydrogens is 414 g/mol. The Labute approximate surface area is 127 Å². The van der Waals surface area contributed by atoms with E-state index in [2.05, 4.69) is 38.5 Å². The Kier molecular flexibility index (Phi) is 4.70. The van der Waals surface area contributed by atoms with E-state index in [4.69, 9.17) is 16.3 Å². The van der Waals surface area contributed by atoms with Gasteiger partial charge < -0.3 is 4.74 Å². The van der Waals surface area contributed by atoms with Gasteiger partial charge >= 0.3 is 0 Å². The maximum atomic E-state index is 5.98. The summed E-state index contributed by atoms with van der Waals surface area (Å²) in [4.78, 5) is 0. The van der Waals surface area contributed by atoms with Gasteiger partial charge in [-0.15, -0.1) is 0 Å². The molecule has 88 valence electrons. The molecule has 0 N–H and O–H groups in total. The minimum Gasteiger partial charge on any atom is -0.456 e. The van der Waals surface area contributed by atoms with Crippen LogP contribution >= 0.6 is 50.1 Å². The van der Waals surface area contributed by atoms with E-state index in [9.17, 15) is 0 Å². The third kappa shape index (κ3) is 3.36. The van der Waals surface area contributed by atoms with Crippen LogP contribution in [-0.2, 0) is 5.33 Å². The fourth-order valence-electron chi connectivity index (χ4n) is 1.38. The minimum atomic E-state index is 0.677. The first-order chi connectivity index (χ1) is 8.20. The van der Waals surface area contributed by atoms with Gasteiger partial charge in [0.2, 0.25) is 0 Å². The van der Waals surface area contributed by atoms with Gasteiger partial charge in [0.15, 0.2) is 0 Å². The summed E-state index contributed by atoms with van der Waals surface area (Å²) in [5, 5.41) is 1.42. The summed E-state index contributed by atoms with van der Waals surface area (Å²) in [5.41, 5.74) is 1.08. The molecule has 0 saturated carbocycles. The normalized spacial score (nSPS) is 10.3. The van der Waals surface area contributed by atoms with Crippen molar-refractivity contribution in [3.8, 4) is 11.5 Å². The minimum absolute atomic E-state index is 0.677. The zero-order valence-electron chi connectivity index (χ0n) is 8.79. The Bertz CT molecular complexity index is 531. The smallest absolute Gasteiger partial charge is 0.140 e. The number of hydrogen-bond donors (Lipinski definition) is 0. The molecule has 0 amide bonds. The van der Waals surface area contributed by atoms with Crippen molar-refractivity contribution >= 4 is 50.1 Å². The second kappa shape index (κ2) is 6.07. The molecule has 2 rings (SSSR count). The Balaban J connectivity index is 2.35. The Hall–Kier alpha value is -0.260. The molecule has 17 heavy (non-hydrogen) atoms. The van der Waals surface area contributed by atoms with Crippen LogP contribution in [0, 0.1) is 3.57 Å². The topological polar surface area (TPSA) is 9.23 Å². The van der Waals surface area contributed by atoms with Crippen molar-refractivity contribution in [3.63, 3.8) is 0 Å². The van der Waals surface area contributed by atoms with Gasteiger partial charge in [-0.05, 0) is 46.9 Å². The molecule has 0 atom stereocenters. The van der Waals surface area contributed by atoms with Crippen LogP contribution in [0.3, 0.4) is 0 Å². The molecule has 0 aliphatic heterocycles. The van der Waals surface area contributed by atoms with Crippen LogP contribution in [-0.4, -0.2) is 0 Å². The van der Waals surface area contributed by atoms with Crippen LogP contribution in [0.25, 0.3) is 0 Å². The second-order valence-electron chi connectivity index (χ2n) is 3.42. The molecule has 0 fully saturated rings. The third-order valence-electron chi connectivity index (χ3n) is 2.23. The summed E-state index contributed by atoms with van der Waals surface area (Å²) in [6, 6.07) is 13.5. The molecule has 2 aromatic carbocycles. The number of rotatable bonds is 3. The van der Waals surface area contributed by atoms with Crippen LogP contribution in [0.5, 0.6) is 11.5 Å². The van der Waals surface area contributed by atoms with Crippen molar-refractivity contribution < 1.29 is 4.74 Å². The van der Waals surface area contributed by atoms with Crippen molar-refractivity contribution in [2.24, 2.45) is 0 Å². The fraction of sp³-hybridized carbons (Fsp3) is 0.0769. The van der Waals surface area contributed by atoms with E-state index in [-0.39, 0.29) is 0 Å². The monoisotopic (exact) mass is 422 g/mol. The highest BCUT2D eigenvalue weighted by Gasteiger charge is 2.07. The van der Waals surface area contributed by atoms with Crippen LogP contribution in [0.2, 0.25) is 5.02 Å². The van der Waals surface area contributed by atoms with E-state index in [0.29, 0.717) is 5.02 Å². The van der Waals surface area contributed by atoms with Crippen LogP contribution in [0.4, 0.5) is 0 Å². The zero-order chi connectivity index (χ0) is 12.3. The molecule has 0 unspecified atom stereocenters. The summed E-state index contributed by atoms with van der Waals surface area (Å²) in [6.07, 6.45) is 0. The maximum absolute atomic E-state index is 5.98. The van der Waals surface area contributed by atoms with Gasteiger partial charge in [0.05, 0.1) is 3.57 Å². The molecule has 0 spiro atoms. The highest BCUT2D eigenvalue weighted by molar-refractivity contribution is 14.1. The Morgan fingerprint density at radius 1 is 1.12 bits per heavy atom. The molecule has 4 heteroatoms. The lowest BCUT2D eigenvalue weighted by Gasteiger charge is -2.11. The lowest BCUT2D eigenvalue weighted by atomic mass is 10.2. The molecular formula is C13H9BrClIO. The van der Waals surface area contributed by atoms with Crippen molar-refractivity contribution in [1.82, 2.24) is 0 Å². The summed E-state index contributed by atoms with van der Waals surface area (Å²) >= 11 is 11.7. The second-order valence-corrected chi connectivity index (χ2v) is 5.58. The first-order valence-electron chi connectivity index (χ1n) is 4.97. The van der Waals surface area contributed by atoms with Crippen LogP contribution in [0.1, 0.15) is 5.56 Å². The van der Waals surface area contributed by atoms with E-state index >= 15 is 0 Å². The van der Waals surface area contributed by atoms with Gasteiger partial charge in [-0.3, -0.25) is 0 Å². The van der Waals surface area contributed by atoms with Gasteiger partial charge in [-0.2, -0.15) is 0 Å². The molecule has 0 saturated heterocycles. The van der Waals surface area contributed by atoms with Crippen LogP contribution in [0.15, 0.2) is 42.5 Å². The molecule has 0 bridgehead atoms. The SMILES string of the molecule is Clc1ccc(CBr)c(Oc2ccccc2I)c1.